The lowest BCUT2D eigenvalue weighted by Crippen LogP contribution is -1.88. The maximum Gasteiger partial charge on any atom is 0.0938 e. The number of nitrogens with one attached hydrogen (secondary N) is 1. The summed E-state index contributed by atoms with van der Waals surface area (Å²) < 4.78 is 1.78. The fraction of sp³-hybridized carbons (Fsp3) is 0.267. The van der Waals surface area contributed by atoms with Crippen LogP contribution in [0.15, 0.2) is 30.5 Å². The zero-order valence-electron chi connectivity index (χ0n) is 11.2. The predicted molar refractivity (Wildman–Crippen MR) is 79.6 cm³/mol. The van der Waals surface area contributed by atoms with E-state index in [1.54, 1.807) is 4.68 Å². The second kappa shape index (κ2) is 4.42. The fourth-order valence-electron chi connectivity index (χ4n) is 2.24. The molecule has 2 heterocycles. The molecular weight excluding hydrogens is 258 g/mol. The molecule has 1 N–H and O–H groups in total. The van der Waals surface area contributed by atoms with Crippen LogP contribution in [0, 0.1) is 0 Å². The standard InChI is InChI=1S/C15H16ClN3/c1-9(2)14-7-10-6-12(16)11(8-15(10)17-14)13-4-5-19(3)18-13/h4-9,17H,1-3H3. The molecule has 0 bridgehead atoms. The third-order valence-corrected chi connectivity index (χ3v) is 3.65. The Kier molecular flexibility index (Phi) is 2.86. The van der Waals surface area contributed by atoms with Gasteiger partial charge in [0.25, 0.3) is 0 Å². The summed E-state index contributed by atoms with van der Waals surface area (Å²) in [6.45, 7) is 4.35. The van der Waals surface area contributed by atoms with Gasteiger partial charge in [-0.3, -0.25) is 4.68 Å². The van der Waals surface area contributed by atoms with Crippen LogP contribution in [-0.4, -0.2) is 14.8 Å². The van der Waals surface area contributed by atoms with Crippen molar-refractivity contribution in [3.05, 3.63) is 41.2 Å². The lowest BCUT2D eigenvalue weighted by Gasteiger charge is -2.01. The molecule has 0 saturated carbocycles. The van der Waals surface area contributed by atoms with Crippen molar-refractivity contribution in [1.82, 2.24) is 14.8 Å². The molecule has 4 heteroatoms. The number of halogens is 1. The minimum absolute atomic E-state index is 0.476. The van der Waals surface area contributed by atoms with Gasteiger partial charge in [-0.2, -0.15) is 5.10 Å². The summed E-state index contributed by atoms with van der Waals surface area (Å²) in [4.78, 5) is 3.45. The van der Waals surface area contributed by atoms with Gasteiger partial charge in [0.05, 0.1) is 10.7 Å². The molecule has 0 unspecified atom stereocenters. The largest absolute Gasteiger partial charge is 0.358 e. The molecule has 0 saturated heterocycles. The molecule has 3 nitrogen and oxygen atoms in total. The number of benzene rings is 1. The zero-order chi connectivity index (χ0) is 13.6. The first-order valence-electron chi connectivity index (χ1n) is 6.37. The van der Waals surface area contributed by atoms with Gasteiger partial charge in [-0.05, 0) is 30.2 Å². The predicted octanol–water partition coefficient (Wildman–Crippen LogP) is 4.35. The summed E-state index contributed by atoms with van der Waals surface area (Å²) in [6, 6.07) is 8.21. The molecule has 0 fully saturated rings. The van der Waals surface area contributed by atoms with E-state index in [1.165, 1.54) is 5.69 Å². The highest BCUT2D eigenvalue weighted by atomic mass is 35.5. The average Bonchev–Trinajstić information content (AvgIpc) is 2.93. The average molecular weight is 274 g/mol. The number of aromatic amines is 1. The molecule has 0 aliphatic carbocycles. The van der Waals surface area contributed by atoms with Crippen LogP contribution in [-0.2, 0) is 7.05 Å². The van der Waals surface area contributed by atoms with Crippen LogP contribution >= 0.6 is 11.6 Å². The molecular formula is C15H16ClN3. The topological polar surface area (TPSA) is 33.6 Å². The van der Waals surface area contributed by atoms with Crippen molar-refractivity contribution in [3.8, 4) is 11.3 Å². The van der Waals surface area contributed by atoms with E-state index in [9.17, 15) is 0 Å². The minimum atomic E-state index is 0.476. The first-order valence-corrected chi connectivity index (χ1v) is 6.74. The van der Waals surface area contributed by atoms with Crippen LogP contribution in [0.25, 0.3) is 22.2 Å². The Morgan fingerprint density at radius 1 is 1.26 bits per heavy atom. The molecule has 0 aliphatic rings. The van der Waals surface area contributed by atoms with E-state index in [0.29, 0.717) is 5.92 Å². The molecule has 0 atom stereocenters. The summed E-state index contributed by atoms with van der Waals surface area (Å²) in [6.07, 6.45) is 1.92. The summed E-state index contributed by atoms with van der Waals surface area (Å²) in [5.74, 6) is 0.476. The van der Waals surface area contributed by atoms with E-state index in [0.717, 1.165) is 27.2 Å². The second-order valence-corrected chi connectivity index (χ2v) is 5.58. The highest BCUT2D eigenvalue weighted by Gasteiger charge is 2.11. The molecule has 3 aromatic rings. The van der Waals surface area contributed by atoms with Gasteiger partial charge >= 0.3 is 0 Å². The molecule has 98 valence electrons. The Bertz CT molecular complexity index is 737. The number of H-pyrrole nitrogens is 1. The van der Waals surface area contributed by atoms with Gasteiger partial charge in [0.2, 0.25) is 0 Å². The maximum absolute atomic E-state index is 6.37. The van der Waals surface area contributed by atoms with Gasteiger partial charge in [0.1, 0.15) is 0 Å². The molecule has 3 rings (SSSR count). The first-order chi connectivity index (χ1) is 9.04. The van der Waals surface area contributed by atoms with Crippen molar-refractivity contribution in [2.24, 2.45) is 7.05 Å². The van der Waals surface area contributed by atoms with Crippen molar-refractivity contribution in [2.45, 2.75) is 19.8 Å². The molecule has 1 aromatic carbocycles. The normalized spacial score (nSPS) is 11.6. The molecule has 0 radical (unpaired) electrons. The Labute approximate surface area is 117 Å². The van der Waals surface area contributed by atoms with Gasteiger partial charge in [-0.25, -0.2) is 0 Å². The van der Waals surface area contributed by atoms with E-state index in [1.807, 2.05) is 25.4 Å². The van der Waals surface area contributed by atoms with E-state index >= 15 is 0 Å². The van der Waals surface area contributed by atoms with Crippen molar-refractivity contribution in [1.29, 1.82) is 0 Å². The van der Waals surface area contributed by atoms with Crippen molar-refractivity contribution in [3.63, 3.8) is 0 Å². The minimum Gasteiger partial charge on any atom is -0.358 e. The van der Waals surface area contributed by atoms with Gasteiger partial charge in [-0.15, -0.1) is 0 Å². The van der Waals surface area contributed by atoms with Crippen LogP contribution in [0.3, 0.4) is 0 Å². The molecule has 0 amide bonds. The van der Waals surface area contributed by atoms with E-state index < -0.39 is 0 Å². The maximum atomic E-state index is 6.37. The van der Waals surface area contributed by atoms with Crippen molar-refractivity contribution < 1.29 is 0 Å². The van der Waals surface area contributed by atoms with Gasteiger partial charge in [0.15, 0.2) is 0 Å². The van der Waals surface area contributed by atoms with Crippen molar-refractivity contribution >= 4 is 22.5 Å². The monoisotopic (exact) mass is 273 g/mol. The Hall–Kier alpha value is -1.74. The number of nitrogens with zero attached hydrogens (tertiary/aromatic N) is 2. The summed E-state index contributed by atoms with van der Waals surface area (Å²) in [7, 11) is 1.90. The smallest absolute Gasteiger partial charge is 0.0938 e. The summed E-state index contributed by atoms with van der Waals surface area (Å²) >= 11 is 6.37. The first kappa shape index (κ1) is 12.3. The molecule has 2 aromatic heterocycles. The molecule has 0 aliphatic heterocycles. The SMILES string of the molecule is CC(C)c1cc2cc(Cl)c(-c3ccn(C)n3)cc2[nH]1. The quantitative estimate of drug-likeness (QED) is 0.740. The van der Waals surface area contributed by atoms with Crippen LogP contribution < -0.4 is 0 Å². The number of fused-ring (bicyclic) bond motifs is 1. The van der Waals surface area contributed by atoms with Crippen LogP contribution in [0.2, 0.25) is 5.02 Å². The van der Waals surface area contributed by atoms with Crippen molar-refractivity contribution in [2.75, 3.05) is 0 Å². The van der Waals surface area contributed by atoms with Crippen LogP contribution in [0.4, 0.5) is 0 Å². The Morgan fingerprint density at radius 2 is 2.05 bits per heavy atom. The van der Waals surface area contributed by atoms with Crippen LogP contribution in [0.1, 0.15) is 25.5 Å². The number of hydrogen-bond donors (Lipinski definition) is 1. The Morgan fingerprint density at radius 3 is 2.68 bits per heavy atom. The van der Waals surface area contributed by atoms with Gasteiger partial charge < -0.3 is 4.98 Å². The van der Waals surface area contributed by atoms with Gasteiger partial charge in [0, 0.05) is 35.4 Å². The third-order valence-electron chi connectivity index (χ3n) is 3.34. The van der Waals surface area contributed by atoms with Crippen LogP contribution in [0.5, 0.6) is 0 Å². The lowest BCUT2D eigenvalue weighted by atomic mass is 10.1. The molecule has 0 spiro atoms. The second-order valence-electron chi connectivity index (χ2n) is 5.17. The van der Waals surface area contributed by atoms with E-state index in [2.05, 4.69) is 36.1 Å². The summed E-state index contributed by atoms with van der Waals surface area (Å²) in [5, 5.41) is 6.29. The highest BCUT2D eigenvalue weighted by molar-refractivity contribution is 6.34. The third kappa shape index (κ3) is 2.15. The fourth-order valence-corrected chi connectivity index (χ4v) is 2.51. The van der Waals surface area contributed by atoms with E-state index in [-0.39, 0.29) is 0 Å². The number of aryl methyl sites for hydroxylation is 1. The van der Waals surface area contributed by atoms with E-state index in [4.69, 9.17) is 11.6 Å². The lowest BCUT2D eigenvalue weighted by molar-refractivity contribution is 0.771. The number of rotatable bonds is 2. The summed E-state index contributed by atoms with van der Waals surface area (Å²) in [5.41, 5.74) is 4.19. The number of aromatic nitrogens is 3. The number of hydrogen-bond acceptors (Lipinski definition) is 1. The zero-order valence-corrected chi connectivity index (χ0v) is 12.0. The van der Waals surface area contributed by atoms with Gasteiger partial charge in [-0.1, -0.05) is 25.4 Å². The Balaban J connectivity index is 2.18. The molecule has 19 heavy (non-hydrogen) atoms. The highest BCUT2D eigenvalue weighted by Crippen LogP contribution is 2.32.